The van der Waals surface area contributed by atoms with Crippen molar-refractivity contribution in [1.29, 1.82) is 0 Å². The monoisotopic (exact) mass is 389 g/mol. The Morgan fingerprint density at radius 3 is 2.41 bits per heavy atom. The minimum Gasteiger partial charge on any atom is -0.352 e. The molecule has 2 aromatic rings. The fraction of sp³-hybridized carbons (Fsp3) is 0.389. The number of hydrogen-bond acceptors (Lipinski definition) is 6. The molecule has 1 saturated heterocycles. The SMILES string of the molecule is CNS(=O)(=O)c1ccc(CCC(=O)N2CCN(c3cnccn3)CC2)cc1. The number of hydrogen-bond donors (Lipinski definition) is 1. The number of nitrogens with one attached hydrogen (secondary N) is 1. The Bertz CT molecular complexity index is 864. The number of sulfonamides is 1. The van der Waals surface area contributed by atoms with E-state index in [2.05, 4.69) is 19.6 Å². The van der Waals surface area contributed by atoms with Crippen molar-refractivity contribution >= 4 is 21.7 Å². The first-order valence-corrected chi connectivity index (χ1v) is 10.3. The molecular formula is C18H23N5O3S. The summed E-state index contributed by atoms with van der Waals surface area (Å²) < 4.78 is 25.7. The van der Waals surface area contributed by atoms with Gasteiger partial charge in [-0.2, -0.15) is 0 Å². The average molecular weight is 389 g/mol. The van der Waals surface area contributed by atoms with Crippen LogP contribution in [0.4, 0.5) is 5.82 Å². The minimum absolute atomic E-state index is 0.112. The predicted octanol–water partition coefficient (Wildman–Crippen LogP) is 0.666. The number of aryl methyl sites for hydroxylation is 1. The van der Waals surface area contributed by atoms with Crippen molar-refractivity contribution in [3.63, 3.8) is 0 Å². The lowest BCUT2D eigenvalue weighted by Crippen LogP contribution is -2.49. The van der Waals surface area contributed by atoms with Crippen LogP contribution >= 0.6 is 0 Å². The third-order valence-electron chi connectivity index (χ3n) is 4.64. The van der Waals surface area contributed by atoms with E-state index in [-0.39, 0.29) is 10.8 Å². The maximum atomic E-state index is 12.5. The van der Waals surface area contributed by atoms with Crippen molar-refractivity contribution in [2.45, 2.75) is 17.7 Å². The molecule has 8 nitrogen and oxygen atoms in total. The van der Waals surface area contributed by atoms with E-state index in [1.807, 2.05) is 4.90 Å². The van der Waals surface area contributed by atoms with E-state index in [0.29, 0.717) is 25.9 Å². The molecule has 9 heteroatoms. The molecular weight excluding hydrogens is 366 g/mol. The van der Waals surface area contributed by atoms with Gasteiger partial charge in [-0.25, -0.2) is 18.1 Å². The lowest BCUT2D eigenvalue weighted by atomic mass is 10.1. The lowest BCUT2D eigenvalue weighted by molar-refractivity contribution is -0.131. The smallest absolute Gasteiger partial charge is 0.240 e. The van der Waals surface area contributed by atoms with Crippen molar-refractivity contribution in [2.24, 2.45) is 0 Å². The van der Waals surface area contributed by atoms with Gasteiger partial charge < -0.3 is 9.80 Å². The van der Waals surface area contributed by atoms with Crippen LogP contribution in [0.5, 0.6) is 0 Å². The zero-order valence-electron chi connectivity index (χ0n) is 15.2. The van der Waals surface area contributed by atoms with Gasteiger partial charge in [0, 0.05) is 45.0 Å². The van der Waals surface area contributed by atoms with Crippen LogP contribution in [0.2, 0.25) is 0 Å². The summed E-state index contributed by atoms with van der Waals surface area (Å²) in [6.45, 7) is 2.80. The van der Waals surface area contributed by atoms with Crippen molar-refractivity contribution in [1.82, 2.24) is 19.6 Å². The van der Waals surface area contributed by atoms with Crippen molar-refractivity contribution < 1.29 is 13.2 Å². The standard InChI is InChI=1S/C18H23N5O3S/c1-19-27(25,26)16-5-2-15(3-6-16)4-7-18(24)23-12-10-22(11-13-23)17-14-20-8-9-21-17/h2-3,5-6,8-9,14,19H,4,7,10-13H2,1H3. The van der Waals surface area contributed by atoms with Crippen LogP contribution < -0.4 is 9.62 Å². The van der Waals surface area contributed by atoms with Crippen LogP contribution in [0, 0.1) is 0 Å². The number of rotatable bonds is 6. The molecule has 1 N–H and O–H groups in total. The fourth-order valence-corrected chi connectivity index (χ4v) is 3.73. The minimum atomic E-state index is -3.43. The number of anilines is 1. The molecule has 1 amide bonds. The molecule has 0 aliphatic carbocycles. The van der Waals surface area contributed by atoms with Crippen molar-refractivity contribution in [3.05, 3.63) is 48.4 Å². The van der Waals surface area contributed by atoms with Crippen LogP contribution in [-0.2, 0) is 21.2 Å². The Kier molecular flexibility index (Phi) is 6.02. The number of piperazine rings is 1. The molecule has 1 fully saturated rings. The molecule has 0 spiro atoms. The van der Waals surface area contributed by atoms with Crippen molar-refractivity contribution in [2.75, 3.05) is 38.1 Å². The van der Waals surface area contributed by atoms with Gasteiger partial charge >= 0.3 is 0 Å². The van der Waals surface area contributed by atoms with Gasteiger partial charge in [-0.15, -0.1) is 0 Å². The van der Waals surface area contributed by atoms with E-state index in [1.165, 1.54) is 7.05 Å². The zero-order chi connectivity index (χ0) is 19.3. The Morgan fingerprint density at radius 1 is 1.11 bits per heavy atom. The van der Waals surface area contributed by atoms with Crippen LogP contribution in [0.25, 0.3) is 0 Å². The third-order valence-corrected chi connectivity index (χ3v) is 6.07. The average Bonchev–Trinajstić information content (AvgIpc) is 2.73. The van der Waals surface area contributed by atoms with Gasteiger partial charge in [0.25, 0.3) is 0 Å². The molecule has 0 atom stereocenters. The molecule has 1 aliphatic heterocycles. The summed E-state index contributed by atoms with van der Waals surface area (Å²) in [5, 5.41) is 0. The molecule has 1 aromatic heterocycles. The molecule has 0 saturated carbocycles. The molecule has 0 bridgehead atoms. The van der Waals surface area contributed by atoms with E-state index < -0.39 is 10.0 Å². The number of aromatic nitrogens is 2. The first-order valence-electron chi connectivity index (χ1n) is 8.81. The summed E-state index contributed by atoms with van der Waals surface area (Å²) >= 11 is 0. The molecule has 1 aliphatic rings. The fourth-order valence-electron chi connectivity index (χ4n) is 3.00. The third kappa shape index (κ3) is 4.81. The van der Waals surface area contributed by atoms with Crippen LogP contribution in [0.3, 0.4) is 0 Å². The highest BCUT2D eigenvalue weighted by Gasteiger charge is 2.21. The Balaban J connectivity index is 1.49. The molecule has 27 heavy (non-hydrogen) atoms. The van der Waals surface area contributed by atoms with E-state index in [0.717, 1.165) is 24.5 Å². The summed E-state index contributed by atoms with van der Waals surface area (Å²) in [5.41, 5.74) is 0.941. The maximum Gasteiger partial charge on any atom is 0.240 e. The molecule has 0 radical (unpaired) electrons. The Hall–Kier alpha value is -2.52. The highest BCUT2D eigenvalue weighted by Crippen LogP contribution is 2.14. The number of carbonyl (C=O) groups excluding carboxylic acids is 1. The second kappa shape index (κ2) is 8.45. The van der Waals surface area contributed by atoms with Gasteiger partial charge in [0.05, 0.1) is 11.1 Å². The van der Waals surface area contributed by atoms with Gasteiger partial charge in [0.15, 0.2) is 0 Å². The van der Waals surface area contributed by atoms with Crippen LogP contribution in [-0.4, -0.2) is 62.4 Å². The lowest BCUT2D eigenvalue weighted by Gasteiger charge is -2.35. The number of carbonyl (C=O) groups is 1. The van der Waals surface area contributed by atoms with E-state index in [4.69, 9.17) is 0 Å². The number of benzene rings is 1. The summed E-state index contributed by atoms with van der Waals surface area (Å²) in [6.07, 6.45) is 6.03. The molecule has 3 rings (SSSR count). The zero-order valence-corrected chi connectivity index (χ0v) is 16.0. The second-order valence-electron chi connectivity index (χ2n) is 6.28. The normalized spacial score (nSPS) is 15.0. The van der Waals surface area contributed by atoms with Crippen LogP contribution in [0.1, 0.15) is 12.0 Å². The van der Waals surface area contributed by atoms with Crippen LogP contribution in [0.15, 0.2) is 47.8 Å². The predicted molar refractivity (Wildman–Crippen MR) is 102 cm³/mol. The highest BCUT2D eigenvalue weighted by molar-refractivity contribution is 7.89. The van der Waals surface area contributed by atoms with E-state index in [9.17, 15) is 13.2 Å². The largest absolute Gasteiger partial charge is 0.352 e. The highest BCUT2D eigenvalue weighted by atomic mass is 32.2. The first kappa shape index (κ1) is 19.2. The molecule has 1 aromatic carbocycles. The molecule has 0 unspecified atom stereocenters. The molecule has 144 valence electrons. The first-order chi connectivity index (χ1) is 13.0. The van der Waals surface area contributed by atoms with Crippen molar-refractivity contribution in [3.8, 4) is 0 Å². The Labute approximate surface area is 159 Å². The second-order valence-corrected chi connectivity index (χ2v) is 8.17. The van der Waals surface area contributed by atoms with Gasteiger partial charge in [-0.1, -0.05) is 12.1 Å². The number of amides is 1. The van der Waals surface area contributed by atoms with Gasteiger partial charge in [-0.05, 0) is 31.2 Å². The summed E-state index contributed by atoms with van der Waals surface area (Å²) in [6, 6.07) is 6.63. The van der Waals surface area contributed by atoms with Gasteiger partial charge in [0.2, 0.25) is 15.9 Å². The Morgan fingerprint density at radius 2 is 1.81 bits per heavy atom. The quantitative estimate of drug-likeness (QED) is 0.780. The maximum absolute atomic E-state index is 12.5. The van der Waals surface area contributed by atoms with E-state index in [1.54, 1.807) is 42.9 Å². The molecule has 2 heterocycles. The number of nitrogens with zero attached hydrogens (tertiary/aromatic N) is 4. The van der Waals surface area contributed by atoms with Gasteiger partial charge in [-0.3, -0.25) is 9.78 Å². The topological polar surface area (TPSA) is 95.5 Å². The van der Waals surface area contributed by atoms with Gasteiger partial charge in [0.1, 0.15) is 5.82 Å². The summed E-state index contributed by atoms with van der Waals surface area (Å²) in [4.78, 5) is 25.0. The summed E-state index contributed by atoms with van der Waals surface area (Å²) in [5.74, 6) is 0.946. The summed E-state index contributed by atoms with van der Waals surface area (Å²) in [7, 11) is -2.05. The van der Waals surface area contributed by atoms with E-state index >= 15 is 0 Å².